The molecule has 0 radical (unpaired) electrons. The molecule has 2 N–H and O–H groups in total. The van der Waals surface area contributed by atoms with Gasteiger partial charge in [-0.15, -0.1) is 0 Å². The van der Waals surface area contributed by atoms with Crippen LogP contribution in [-0.4, -0.2) is 30.8 Å². The van der Waals surface area contributed by atoms with Crippen LogP contribution in [0.15, 0.2) is 12.4 Å². The molecule has 0 saturated heterocycles. The molecule has 0 saturated carbocycles. The molecule has 0 atom stereocenters. The Labute approximate surface area is 105 Å². The molecule has 6 nitrogen and oxygen atoms in total. The van der Waals surface area contributed by atoms with Gasteiger partial charge in [0.1, 0.15) is 12.2 Å². The summed E-state index contributed by atoms with van der Waals surface area (Å²) < 4.78 is 2.03. The second-order valence-corrected chi connectivity index (χ2v) is 4.28. The van der Waals surface area contributed by atoms with Crippen LogP contribution in [0.2, 0.25) is 0 Å². The fourth-order valence-electron chi connectivity index (χ4n) is 2.12. The maximum Gasteiger partial charge on any atom is 0.337 e. The average Bonchev–Trinajstić information content (AvgIpc) is 2.91. The average molecular weight is 248 g/mol. The van der Waals surface area contributed by atoms with E-state index >= 15 is 0 Å². The molecule has 6 heteroatoms. The molecule has 0 aromatic carbocycles. The first kappa shape index (κ1) is 12.3. The van der Waals surface area contributed by atoms with E-state index in [1.54, 1.807) is 6.07 Å². The first-order chi connectivity index (χ1) is 8.59. The Bertz CT molecular complexity index is 543. The van der Waals surface area contributed by atoms with Gasteiger partial charge in [-0.1, -0.05) is 0 Å². The molecule has 0 fully saturated rings. The number of hydrogen-bond acceptors (Lipinski definition) is 3. The van der Waals surface area contributed by atoms with Crippen molar-refractivity contribution in [3.05, 3.63) is 35.2 Å². The number of aromatic amines is 1. The lowest BCUT2D eigenvalue weighted by molar-refractivity contribution is 0.0696. The van der Waals surface area contributed by atoms with Crippen molar-refractivity contribution in [2.24, 2.45) is 0 Å². The fourth-order valence-corrected chi connectivity index (χ4v) is 2.12. The van der Waals surface area contributed by atoms with Crippen molar-refractivity contribution in [2.45, 2.75) is 33.2 Å². The Morgan fingerprint density at radius 2 is 2.28 bits per heavy atom. The van der Waals surface area contributed by atoms with Gasteiger partial charge in [-0.3, -0.25) is 5.10 Å². The van der Waals surface area contributed by atoms with Crippen LogP contribution >= 0.6 is 0 Å². The lowest BCUT2D eigenvalue weighted by Gasteiger charge is -2.08. The molecule has 0 aliphatic carbocycles. The van der Waals surface area contributed by atoms with E-state index in [9.17, 15) is 4.79 Å². The molecule has 2 aromatic rings. The molecular weight excluding hydrogens is 232 g/mol. The number of carboxylic acids is 1. The highest BCUT2D eigenvalue weighted by molar-refractivity contribution is 5.89. The summed E-state index contributed by atoms with van der Waals surface area (Å²) in [5, 5.41) is 15.6. The van der Waals surface area contributed by atoms with Crippen LogP contribution in [0.5, 0.6) is 0 Å². The number of aromatic carboxylic acids is 1. The summed E-state index contributed by atoms with van der Waals surface area (Å²) in [6.45, 7) is 4.55. The number of aryl methyl sites for hydroxylation is 2. The number of H-pyrrole nitrogens is 1. The Morgan fingerprint density at radius 3 is 2.83 bits per heavy atom. The summed E-state index contributed by atoms with van der Waals surface area (Å²) >= 11 is 0. The number of carboxylic acid groups (broad SMARTS) is 1. The Balaban J connectivity index is 2.03. The van der Waals surface area contributed by atoms with Gasteiger partial charge < -0.3 is 9.67 Å². The van der Waals surface area contributed by atoms with Crippen molar-refractivity contribution in [2.75, 3.05) is 0 Å². The monoisotopic (exact) mass is 248 g/mol. The van der Waals surface area contributed by atoms with Crippen molar-refractivity contribution >= 4 is 5.97 Å². The molecule has 0 aliphatic heterocycles. The number of hydrogen-bond donors (Lipinski definition) is 2. The largest absolute Gasteiger partial charge is 0.478 e. The highest BCUT2D eigenvalue weighted by Crippen LogP contribution is 2.15. The topological polar surface area (TPSA) is 83.8 Å². The van der Waals surface area contributed by atoms with Gasteiger partial charge in [0.2, 0.25) is 0 Å². The summed E-state index contributed by atoms with van der Waals surface area (Å²) in [4.78, 5) is 15.1. The van der Waals surface area contributed by atoms with Crippen molar-refractivity contribution < 1.29 is 9.90 Å². The highest BCUT2D eigenvalue weighted by atomic mass is 16.4. The third kappa shape index (κ3) is 2.42. The van der Waals surface area contributed by atoms with Crippen molar-refractivity contribution in [1.29, 1.82) is 0 Å². The highest BCUT2D eigenvalue weighted by Gasteiger charge is 2.14. The van der Waals surface area contributed by atoms with Gasteiger partial charge in [0.05, 0.1) is 5.56 Å². The minimum Gasteiger partial charge on any atom is -0.478 e. The van der Waals surface area contributed by atoms with Crippen molar-refractivity contribution in [3.8, 4) is 0 Å². The normalized spacial score (nSPS) is 10.8. The molecule has 0 spiro atoms. The third-order valence-electron chi connectivity index (χ3n) is 3.06. The summed E-state index contributed by atoms with van der Waals surface area (Å²) in [5.41, 5.74) is 2.16. The van der Waals surface area contributed by atoms with Gasteiger partial charge in [0.15, 0.2) is 0 Å². The number of nitrogens with zero attached hydrogens (tertiary/aromatic N) is 3. The van der Waals surface area contributed by atoms with E-state index in [1.807, 2.05) is 18.4 Å². The Morgan fingerprint density at radius 1 is 1.50 bits per heavy atom. The van der Waals surface area contributed by atoms with Gasteiger partial charge in [-0.05, 0) is 26.3 Å². The van der Waals surface area contributed by atoms with E-state index in [1.165, 1.54) is 6.33 Å². The van der Waals surface area contributed by atoms with Gasteiger partial charge in [-0.2, -0.15) is 5.10 Å². The number of rotatable bonds is 5. The first-order valence-electron chi connectivity index (χ1n) is 5.84. The molecule has 18 heavy (non-hydrogen) atoms. The first-order valence-corrected chi connectivity index (χ1v) is 5.84. The minimum absolute atomic E-state index is 0.382. The minimum atomic E-state index is -0.871. The molecule has 0 aliphatic rings. The smallest absolute Gasteiger partial charge is 0.337 e. The zero-order chi connectivity index (χ0) is 13.1. The molecule has 2 rings (SSSR count). The molecule has 0 bridgehead atoms. The zero-order valence-corrected chi connectivity index (χ0v) is 10.5. The van der Waals surface area contributed by atoms with Crippen LogP contribution in [0, 0.1) is 13.8 Å². The third-order valence-corrected chi connectivity index (χ3v) is 3.06. The number of nitrogens with one attached hydrogen (secondary N) is 1. The van der Waals surface area contributed by atoms with Crippen LogP contribution in [-0.2, 0) is 13.0 Å². The number of aromatic nitrogens is 4. The Hall–Kier alpha value is -2.11. The second-order valence-electron chi connectivity index (χ2n) is 4.28. The van der Waals surface area contributed by atoms with E-state index < -0.39 is 5.97 Å². The zero-order valence-electron chi connectivity index (χ0n) is 10.5. The van der Waals surface area contributed by atoms with Crippen LogP contribution in [0.4, 0.5) is 0 Å². The molecule has 2 heterocycles. The number of carbonyl (C=O) groups is 1. The lowest BCUT2D eigenvalue weighted by atomic mass is 10.2. The molecule has 96 valence electrons. The fraction of sp³-hybridized carbons (Fsp3) is 0.417. The van der Waals surface area contributed by atoms with Crippen molar-refractivity contribution in [3.63, 3.8) is 0 Å². The summed E-state index contributed by atoms with van der Waals surface area (Å²) in [6.07, 6.45) is 3.19. The van der Waals surface area contributed by atoms with E-state index in [2.05, 4.69) is 15.2 Å². The molecule has 0 amide bonds. The standard InChI is InChI=1S/C12H16N4O2/c1-8-6-10(12(17)18)9(2)16(8)5-3-4-11-13-7-14-15-11/h6-7H,3-5H2,1-2H3,(H,17,18)(H,13,14,15). The van der Waals surface area contributed by atoms with Gasteiger partial charge in [-0.25, -0.2) is 9.78 Å². The summed E-state index contributed by atoms with van der Waals surface area (Å²) in [6, 6.07) is 1.71. The van der Waals surface area contributed by atoms with Crippen LogP contribution in [0.25, 0.3) is 0 Å². The predicted octanol–water partition coefficient (Wildman–Crippen LogP) is 1.55. The van der Waals surface area contributed by atoms with E-state index in [0.717, 1.165) is 36.6 Å². The molecular formula is C12H16N4O2. The van der Waals surface area contributed by atoms with E-state index in [0.29, 0.717) is 5.56 Å². The van der Waals surface area contributed by atoms with E-state index in [-0.39, 0.29) is 0 Å². The maximum atomic E-state index is 11.0. The molecule has 2 aromatic heterocycles. The lowest BCUT2D eigenvalue weighted by Crippen LogP contribution is -2.06. The van der Waals surface area contributed by atoms with Crippen molar-refractivity contribution in [1.82, 2.24) is 19.7 Å². The van der Waals surface area contributed by atoms with E-state index in [4.69, 9.17) is 5.11 Å². The second kappa shape index (κ2) is 5.03. The van der Waals surface area contributed by atoms with Gasteiger partial charge >= 0.3 is 5.97 Å². The molecule has 0 unspecified atom stereocenters. The summed E-state index contributed by atoms with van der Waals surface area (Å²) in [5.74, 6) is -0.0134. The van der Waals surface area contributed by atoms with Gasteiger partial charge in [0, 0.05) is 24.4 Å². The summed E-state index contributed by atoms with van der Waals surface area (Å²) in [7, 11) is 0. The predicted molar refractivity (Wildman–Crippen MR) is 65.6 cm³/mol. The SMILES string of the molecule is Cc1cc(C(=O)O)c(C)n1CCCc1ncn[nH]1. The van der Waals surface area contributed by atoms with Gasteiger partial charge in [0.25, 0.3) is 0 Å². The van der Waals surface area contributed by atoms with Crippen LogP contribution in [0.3, 0.4) is 0 Å². The quantitative estimate of drug-likeness (QED) is 0.841. The van der Waals surface area contributed by atoms with Crippen LogP contribution < -0.4 is 0 Å². The Kier molecular flexibility index (Phi) is 3.45. The van der Waals surface area contributed by atoms with Crippen LogP contribution in [0.1, 0.15) is 34.0 Å². The maximum absolute atomic E-state index is 11.0.